The first-order valence-corrected chi connectivity index (χ1v) is 7.96. The summed E-state index contributed by atoms with van der Waals surface area (Å²) in [5.74, 6) is 0.0986. The number of carbonyl (C=O) groups excluding carboxylic acids is 2. The normalized spacial score (nSPS) is 17.9. The highest BCUT2D eigenvalue weighted by atomic mass is 35.5. The van der Waals surface area contributed by atoms with Crippen LogP contribution in [0.5, 0.6) is 0 Å². The van der Waals surface area contributed by atoms with E-state index in [9.17, 15) is 14.0 Å². The molecule has 0 aromatic heterocycles. The van der Waals surface area contributed by atoms with E-state index in [0.29, 0.717) is 11.6 Å². The van der Waals surface area contributed by atoms with Crippen LogP contribution in [0.2, 0.25) is 5.02 Å². The molecule has 1 heterocycles. The van der Waals surface area contributed by atoms with Crippen LogP contribution in [0.25, 0.3) is 0 Å². The second-order valence-electron chi connectivity index (χ2n) is 4.99. The van der Waals surface area contributed by atoms with Crippen molar-refractivity contribution in [3.05, 3.63) is 34.6 Å². The van der Waals surface area contributed by atoms with E-state index in [-0.39, 0.29) is 28.8 Å². The van der Waals surface area contributed by atoms with Crippen LogP contribution in [0, 0.1) is 5.82 Å². The Kier molecular flexibility index (Phi) is 5.11. The van der Waals surface area contributed by atoms with E-state index in [0.717, 1.165) is 0 Å². The molecule has 4 nitrogen and oxygen atoms in total. The first-order valence-electron chi connectivity index (χ1n) is 6.43. The van der Waals surface area contributed by atoms with Crippen LogP contribution < -0.4 is 0 Å². The summed E-state index contributed by atoms with van der Waals surface area (Å²) in [5.41, 5.74) is 0.178. The van der Waals surface area contributed by atoms with Crippen LogP contribution in [0.4, 0.5) is 4.39 Å². The van der Waals surface area contributed by atoms with Crippen molar-refractivity contribution in [2.75, 3.05) is 25.7 Å². The van der Waals surface area contributed by atoms with Gasteiger partial charge in [-0.05, 0) is 12.1 Å². The van der Waals surface area contributed by atoms with E-state index in [1.807, 2.05) is 0 Å². The van der Waals surface area contributed by atoms with Crippen LogP contribution in [0.3, 0.4) is 0 Å². The molecule has 0 bridgehead atoms. The molecule has 0 spiro atoms. The van der Waals surface area contributed by atoms with Crippen molar-refractivity contribution in [3.8, 4) is 0 Å². The Morgan fingerprint density at radius 2 is 2.19 bits per heavy atom. The average molecular weight is 331 g/mol. The standard InChI is InChI=1S/C14H16ClFN2O2S/c1-17(2)14(20)12-7-21-8-18(12)13(19)6-9-10(15)4-3-5-11(9)16/h3-5,12H,6-8H2,1-2H3. The van der Waals surface area contributed by atoms with Gasteiger partial charge in [0.25, 0.3) is 0 Å². The lowest BCUT2D eigenvalue weighted by molar-refractivity contribution is -0.141. The Morgan fingerprint density at radius 1 is 1.48 bits per heavy atom. The van der Waals surface area contributed by atoms with Gasteiger partial charge in [-0.2, -0.15) is 0 Å². The molecule has 1 atom stereocenters. The smallest absolute Gasteiger partial charge is 0.245 e. The molecule has 0 N–H and O–H groups in total. The largest absolute Gasteiger partial charge is 0.347 e. The van der Waals surface area contributed by atoms with Crippen LogP contribution >= 0.6 is 23.4 Å². The Bertz CT molecular complexity index is 548. The molecule has 0 radical (unpaired) electrons. The summed E-state index contributed by atoms with van der Waals surface area (Å²) >= 11 is 7.45. The fourth-order valence-corrected chi connectivity index (χ4v) is 3.55. The lowest BCUT2D eigenvalue weighted by atomic mass is 10.1. The molecule has 1 aliphatic rings. The summed E-state index contributed by atoms with van der Waals surface area (Å²) < 4.78 is 13.7. The highest BCUT2D eigenvalue weighted by Gasteiger charge is 2.35. The zero-order valence-corrected chi connectivity index (χ0v) is 13.4. The number of hydrogen-bond donors (Lipinski definition) is 0. The van der Waals surface area contributed by atoms with Crippen molar-refractivity contribution >= 4 is 35.2 Å². The van der Waals surface area contributed by atoms with Crippen molar-refractivity contribution in [3.63, 3.8) is 0 Å². The SMILES string of the molecule is CN(C)C(=O)C1CSCN1C(=O)Cc1c(F)cccc1Cl. The van der Waals surface area contributed by atoms with E-state index in [2.05, 4.69) is 0 Å². The average Bonchev–Trinajstić information content (AvgIpc) is 2.91. The fraction of sp³-hybridized carbons (Fsp3) is 0.429. The number of nitrogens with zero attached hydrogens (tertiary/aromatic N) is 2. The Morgan fingerprint density at radius 3 is 2.81 bits per heavy atom. The maximum atomic E-state index is 13.7. The lowest BCUT2D eigenvalue weighted by Gasteiger charge is -2.25. The molecule has 0 aliphatic carbocycles. The fourth-order valence-electron chi connectivity index (χ4n) is 2.15. The number of benzene rings is 1. The number of thioether (sulfide) groups is 1. The van der Waals surface area contributed by atoms with Crippen LogP contribution in [0.1, 0.15) is 5.56 Å². The van der Waals surface area contributed by atoms with Crippen molar-refractivity contribution in [2.24, 2.45) is 0 Å². The molecule has 1 aliphatic heterocycles. The summed E-state index contributed by atoms with van der Waals surface area (Å²) in [6, 6.07) is 3.84. The molecule has 1 aromatic carbocycles. The van der Waals surface area contributed by atoms with Gasteiger partial charge in [0, 0.05) is 30.4 Å². The van der Waals surface area contributed by atoms with Gasteiger partial charge < -0.3 is 9.80 Å². The third kappa shape index (κ3) is 3.49. The summed E-state index contributed by atoms with van der Waals surface area (Å²) in [6.45, 7) is 0. The molecule has 2 rings (SSSR count). The first-order chi connectivity index (χ1) is 9.91. The Hall–Kier alpha value is -1.27. The minimum Gasteiger partial charge on any atom is -0.347 e. The van der Waals surface area contributed by atoms with Crippen LogP contribution in [0.15, 0.2) is 18.2 Å². The lowest BCUT2D eigenvalue weighted by Crippen LogP contribution is -2.47. The quantitative estimate of drug-likeness (QED) is 0.851. The van der Waals surface area contributed by atoms with Gasteiger partial charge in [0.1, 0.15) is 11.9 Å². The second-order valence-corrected chi connectivity index (χ2v) is 6.40. The van der Waals surface area contributed by atoms with Crippen molar-refractivity contribution in [1.29, 1.82) is 0 Å². The third-order valence-electron chi connectivity index (χ3n) is 3.32. The van der Waals surface area contributed by atoms with E-state index >= 15 is 0 Å². The number of likely N-dealkylation sites (N-methyl/N-ethyl adjacent to an activating group) is 1. The molecule has 1 unspecified atom stereocenters. The van der Waals surface area contributed by atoms with Gasteiger partial charge in [0.05, 0.1) is 12.3 Å². The Labute approximate surface area is 132 Å². The summed E-state index contributed by atoms with van der Waals surface area (Å²) in [5, 5.41) is 0.227. The van der Waals surface area contributed by atoms with Crippen molar-refractivity contribution in [2.45, 2.75) is 12.5 Å². The van der Waals surface area contributed by atoms with Crippen molar-refractivity contribution < 1.29 is 14.0 Å². The Balaban J connectivity index is 2.14. The topological polar surface area (TPSA) is 40.6 Å². The first kappa shape index (κ1) is 16.1. The molecule has 2 amide bonds. The summed E-state index contributed by atoms with van der Waals surface area (Å²) in [4.78, 5) is 27.4. The molecular formula is C14H16ClFN2O2S. The molecule has 1 fully saturated rings. The maximum absolute atomic E-state index is 13.7. The summed E-state index contributed by atoms with van der Waals surface area (Å²) in [6.07, 6.45) is -0.136. The second kappa shape index (κ2) is 6.66. The van der Waals surface area contributed by atoms with Gasteiger partial charge in [-0.25, -0.2) is 4.39 Å². The van der Waals surface area contributed by atoms with Gasteiger partial charge >= 0.3 is 0 Å². The van der Waals surface area contributed by atoms with Crippen molar-refractivity contribution in [1.82, 2.24) is 9.80 Å². The van der Waals surface area contributed by atoms with Gasteiger partial charge in [0.2, 0.25) is 11.8 Å². The molecule has 0 saturated carbocycles. The molecule has 114 valence electrons. The minimum atomic E-state index is -0.502. The zero-order valence-electron chi connectivity index (χ0n) is 11.8. The van der Waals surface area contributed by atoms with E-state index in [4.69, 9.17) is 11.6 Å². The zero-order chi connectivity index (χ0) is 15.6. The molecular weight excluding hydrogens is 315 g/mol. The predicted molar refractivity (Wildman–Crippen MR) is 81.8 cm³/mol. The van der Waals surface area contributed by atoms with E-state index in [1.54, 1.807) is 20.2 Å². The number of amides is 2. The molecule has 7 heteroatoms. The predicted octanol–water partition coefficient (Wildman–Crippen LogP) is 2.01. The van der Waals surface area contributed by atoms with Crippen LogP contribution in [-0.2, 0) is 16.0 Å². The maximum Gasteiger partial charge on any atom is 0.245 e. The summed E-state index contributed by atoms with van der Waals surface area (Å²) in [7, 11) is 3.31. The van der Waals surface area contributed by atoms with Gasteiger partial charge in [-0.3, -0.25) is 9.59 Å². The van der Waals surface area contributed by atoms with Gasteiger partial charge in [0.15, 0.2) is 0 Å². The highest BCUT2D eigenvalue weighted by molar-refractivity contribution is 7.99. The molecule has 1 aromatic rings. The van der Waals surface area contributed by atoms with Crippen LogP contribution in [-0.4, -0.2) is 53.4 Å². The molecule has 1 saturated heterocycles. The number of rotatable bonds is 3. The van der Waals surface area contributed by atoms with Gasteiger partial charge in [-0.15, -0.1) is 11.8 Å². The highest BCUT2D eigenvalue weighted by Crippen LogP contribution is 2.25. The number of carbonyl (C=O) groups is 2. The number of hydrogen-bond acceptors (Lipinski definition) is 3. The van der Waals surface area contributed by atoms with E-state index < -0.39 is 11.9 Å². The number of halogens is 2. The van der Waals surface area contributed by atoms with E-state index in [1.165, 1.54) is 33.7 Å². The third-order valence-corrected chi connectivity index (χ3v) is 4.68. The minimum absolute atomic E-state index is 0.118. The monoisotopic (exact) mass is 330 g/mol. The molecule has 21 heavy (non-hydrogen) atoms. The van der Waals surface area contributed by atoms with Gasteiger partial charge in [-0.1, -0.05) is 17.7 Å².